The predicted octanol–water partition coefficient (Wildman–Crippen LogP) is 1.95. The van der Waals surface area contributed by atoms with Crippen LogP contribution in [0.15, 0.2) is 54.6 Å². The number of piperazine rings is 1. The van der Waals surface area contributed by atoms with Crippen LogP contribution >= 0.6 is 0 Å². The first-order valence-corrected chi connectivity index (χ1v) is 9.34. The van der Waals surface area contributed by atoms with Gasteiger partial charge in [0.05, 0.1) is 17.5 Å². The summed E-state index contributed by atoms with van der Waals surface area (Å²) in [6, 6.07) is 16.7. The molecule has 1 fully saturated rings. The van der Waals surface area contributed by atoms with Crippen LogP contribution in [0.2, 0.25) is 0 Å². The molecule has 2 aromatic rings. The van der Waals surface area contributed by atoms with Gasteiger partial charge in [0.25, 0.3) is 11.8 Å². The molecule has 0 bridgehead atoms. The van der Waals surface area contributed by atoms with Crippen molar-refractivity contribution < 1.29 is 19.2 Å². The molecule has 28 heavy (non-hydrogen) atoms. The molecule has 2 amide bonds. The molecule has 2 aromatic carbocycles. The number of rotatable bonds is 5. The molecular weight excluding hydrogens is 358 g/mol. The number of carbonyl (C=O) groups is 3. The second kappa shape index (κ2) is 7.82. The average molecular weight is 379 g/mol. The lowest BCUT2D eigenvalue weighted by Crippen LogP contribution is -2.47. The van der Waals surface area contributed by atoms with Gasteiger partial charge in [-0.2, -0.15) is 0 Å². The summed E-state index contributed by atoms with van der Waals surface area (Å²) in [5.41, 5.74) is 1.72. The molecule has 144 valence electrons. The molecule has 0 aromatic heterocycles. The molecule has 7 nitrogen and oxygen atoms in total. The van der Waals surface area contributed by atoms with Gasteiger partial charge in [-0.3, -0.25) is 14.5 Å². The zero-order valence-corrected chi connectivity index (χ0v) is 15.4. The van der Waals surface area contributed by atoms with Crippen LogP contribution in [0, 0.1) is 0 Å². The van der Waals surface area contributed by atoms with Crippen molar-refractivity contribution in [3.05, 3.63) is 65.7 Å². The van der Waals surface area contributed by atoms with Crippen LogP contribution in [-0.4, -0.2) is 60.5 Å². The Kier molecular flexibility index (Phi) is 5.08. The van der Waals surface area contributed by atoms with Crippen LogP contribution in [0.1, 0.15) is 27.1 Å². The second-order valence-corrected chi connectivity index (χ2v) is 6.83. The van der Waals surface area contributed by atoms with Crippen molar-refractivity contribution in [1.29, 1.82) is 0 Å². The van der Waals surface area contributed by atoms with Crippen molar-refractivity contribution in [3.8, 4) is 0 Å². The minimum atomic E-state index is -0.592. The molecule has 0 saturated carbocycles. The molecule has 0 radical (unpaired) electrons. The van der Waals surface area contributed by atoms with Gasteiger partial charge in [0.15, 0.2) is 0 Å². The van der Waals surface area contributed by atoms with E-state index >= 15 is 0 Å². The molecule has 7 heteroatoms. The average Bonchev–Trinajstić information content (AvgIpc) is 2.98. The van der Waals surface area contributed by atoms with E-state index in [1.165, 1.54) is 5.69 Å². The lowest BCUT2D eigenvalue weighted by molar-refractivity contribution is -0.168. The predicted molar refractivity (Wildman–Crippen MR) is 103 cm³/mol. The van der Waals surface area contributed by atoms with Crippen LogP contribution in [0.5, 0.6) is 0 Å². The van der Waals surface area contributed by atoms with Gasteiger partial charge in [0.1, 0.15) is 0 Å². The SMILES string of the molecule is O=C(CCN1CCN(c2ccccc2)CC1)ON1C(=O)c2ccccc2C1=O. The zero-order valence-electron chi connectivity index (χ0n) is 15.4. The maximum atomic E-state index is 12.2. The van der Waals surface area contributed by atoms with Crippen molar-refractivity contribution in [2.45, 2.75) is 6.42 Å². The Morgan fingerprint density at radius 1 is 0.821 bits per heavy atom. The Morgan fingerprint density at radius 3 is 2.00 bits per heavy atom. The van der Waals surface area contributed by atoms with Crippen LogP contribution in [-0.2, 0) is 9.63 Å². The Labute approximate surface area is 163 Å². The quantitative estimate of drug-likeness (QED) is 0.740. The number of carbonyl (C=O) groups excluding carboxylic acids is 3. The van der Waals surface area contributed by atoms with E-state index in [4.69, 9.17) is 4.84 Å². The van der Waals surface area contributed by atoms with Crippen LogP contribution in [0.25, 0.3) is 0 Å². The molecule has 1 saturated heterocycles. The normalized spacial score (nSPS) is 17.0. The van der Waals surface area contributed by atoms with Gasteiger partial charge in [-0.15, -0.1) is 0 Å². The first kappa shape index (κ1) is 18.2. The summed E-state index contributed by atoms with van der Waals surface area (Å²) in [5, 5.41) is 0.570. The van der Waals surface area contributed by atoms with E-state index in [9.17, 15) is 14.4 Å². The maximum absolute atomic E-state index is 12.2. The first-order valence-electron chi connectivity index (χ1n) is 9.34. The lowest BCUT2D eigenvalue weighted by Gasteiger charge is -2.36. The third kappa shape index (κ3) is 3.61. The molecule has 2 heterocycles. The fraction of sp³-hybridized carbons (Fsp3) is 0.286. The summed E-state index contributed by atoms with van der Waals surface area (Å²) >= 11 is 0. The molecule has 4 rings (SSSR count). The van der Waals surface area contributed by atoms with Gasteiger partial charge in [-0.25, -0.2) is 4.79 Å². The van der Waals surface area contributed by atoms with E-state index in [1.807, 2.05) is 18.2 Å². The fourth-order valence-corrected chi connectivity index (χ4v) is 3.52. The smallest absolute Gasteiger partial charge is 0.334 e. The van der Waals surface area contributed by atoms with Gasteiger partial charge >= 0.3 is 5.97 Å². The molecule has 0 spiro atoms. The van der Waals surface area contributed by atoms with Gasteiger partial charge in [0, 0.05) is 38.4 Å². The highest BCUT2D eigenvalue weighted by Crippen LogP contribution is 2.23. The zero-order chi connectivity index (χ0) is 19.5. The van der Waals surface area contributed by atoms with E-state index in [2.05, 4.69) is 21.9 Å². The standard InChI is InChI=1S/C21H21N3O4/c25-19(28-24-20(26)17-8-4-5-9-18(17)21(24)27)10-11-22-12-14-23(15-13-22)16-6-2-1-3-7-16/h1-9H,10-15H2. The first-order chi connectivity index (χ1) is 13.6. The largest absolute Gasteiger partial charge is 0.369 e. The summed E-state index contributed by atoms with van der Waals surface area (Å²) < 4.78 is 0. The Morgan fingerprint density at radius 2 is 1.39 bits per heavy atom. The van der Waals surface area contributed by atoms with Crippen molar-refractivity contribution in [2.24, 2.45) is 0 Å². The highest BCUT2D eigenvalue weighted by Gasteiger charge is 2.38. The number of hydrogen-bond acceptors (Lipinski definition) is 6. The van der Waals surface area contributed by atoms with Crippen molar-refractivity contribution in [1.82, 2.24) is 9.96 Å². The summed E-state index contributed by atoms with van der Waals surface area (Å²) in [4.78, 5) is 46.2. The summed E-state index contributed by atoms with van der Waals surface area (Å²) in [6.07, 6.45) is 0.124. The molecule has 0 N–H and O–H groups in total. The third-order valence-electron chi connectivity index (χ3n) is 5.08. The monoisotopic (exact) mass is 379 g/mol. The maximum Gasteiger partial charge on any atom is 0.334 e. The van der Waals surface area contributed by atoms with E-state index in [1.54, 1.807) is 24.3 Å². The minimum absolute atomic E-state index is 0.124. The highest BCUT2D eigenvalue weighted by molar-refractivity contribution is 6.20. The number of nitrogens with zero attached hydrogens (tertiary/aromatic N) is 3. The number of fused-ring (bicyclic) bond motifs is 1. The summed E-state index contributed by atoms with van der Waals surface area (Å²) in [7, 11) is 0. The van der Waals surface area contributed by atoms with E-state index in [0.717, 1.165) is 26.2 Å². The Balaban J connectivity index is 1.25. The van der Waals surface area contributed by atoms with Gasteiger partial charge < -0.3 is 9.74 Å². The van der Waals surface area contributed by atoms with Crippen LogP contribution < -0.4 is 4.90 Å². The second-order valence-electron chi connectivity index (χ2n) is 6.83. The molecule has 0 atom stereocenters. The number of amides is 2. The van der Waals surface area contributed by atoms with Crippen molar-refractivity contribution >= 4 is 23.5 Å². The van der Waals surface area contributed by atoms with Crippen molar-refractivity contribution in [2.75, 3.05) is 37.6 Å². The van der Waals surface area contributed by atoms with E-state index in [0.29, 0.717) is 11.6 Å². The number of anilines is 1. The van der Waals surface area contributed by atoms with Gasteiger partial charge in [-0.05, 0) is 24.3 Å². The van der Waals surface area contributed by atoms with E-state index < -0.39 is 17.8 Å². The Hall–Kier alpha value is -3.19. The fourth-order valence-electron chi connectivity index (χ4n) is 3.52. The van der Waals surface area contributed by atoms with Gasteiger partial charge in [0.2, 0.25) is 0 Å². The van der Waals surface area contributed by atoms with Crippen LogP contribution in [0.3, 0.4) is 0 Å². The summed E-state index contributed by atoms with van der Waals surface area (Å²) in [5.74, 6) is -1.77. The molecule has 2 aliphatic rings. The molecular formula is C21H21N3O4. The van der Waals surface area contributed by atoms with Gasteiger partial charge in [-0.1, -0.05) is 35.4 Å². The number of benzene rings is 2. The third-order valence-corrected chi connectivity index (χ3v) is 5.08. The van der Waals surface area contributed by atoms with E-state index in [-0.39, 0.29) is 17.5 Å². The number of hydroxylamine groups is 2. The number of para-hydroxylation sites is 1. The number of hydrogen-bond donors (Lipinski definition) is 0. The topological polar surface area (TPSA) is 70.2 Å². The number of imide groups is 1. The lowest BCUT2D eigenvalue weighted by atomic mass is 10.1. The molecule has 0 unspecified atom stereocenters. The minimum Gasteiger partial charge on any atom is -0.369 e. The highest BCUT2D eigenvalue weighted by atomic mass is 16.7. The Bertz CT molecular complexity index is 857. The molecule has 0 aliphatic carbocycles. The molecule has 2 aliphatic heterocycles. The van der Waals surface area contributed by atoms with Crippen LogP contribution in [0.4, 0.5) is 5.69 Å². The summed E-state index contributed by atoms with van der Waals surface area (Å²) in [6.45, 7) is 3.99. The van der Waals surface area contributed by atoms with Crippen molar-refractivity contribution in [3.63, 3.8) is 0 Å².